The summed E-state index contributed by atoms with van der Waals surface area (Å²) in [6.45, 7) is 1.54. The van der Waals surface area contributed by atoms with E-state index in [4.69, 9.17) is 40.5 Å². The molecule has 1 aromatic heterocycles. The van der Waals surface area contributed by atoms with Crippen molar-refractivity contribution in [2.45, 2.75) is 31.8 Å². The molecule has 2 aromatic carbocycles. The molecule has 0 saturated carbocycles. The lowest BCUT2D eigenvalue weighted by atomic mass is 10.1. The molecule has 0 bridgehead atoms. The summed E-state index contributed by atoms with van der Waals surface area (Å²) in [5.41, 5.74) is 6.95. The number of benzene rings is 2. The van der Waals surface area contributed by atoms with E-state index in [1.807, 2.05) is 0 Å². The van der Waals surface area contributed by atoms with E-state index in [-0.39, 0.29) is 28.7 Å². The maximum absolute atomic E-state index is 13.5. The molecule has 1 fully saturated rings. The van der Waals surface area contributed by atoms with Crippen molar-refractivity contribution in [3.63, 3.8) is 0 Å². The molecule has 31 heavy (non-hydrogen) atoms. The molecule has 4 rings (SSSR count). The lowest BCUT2D eigenvalue weighted by Gasteiger charge is -2.19. The number of nitrogens with zero attached hydrogens (tertiary/aromatic N) is 3. The Kier molecular flexibility index (Phi) is 7.28. The van der Waals surface area contributed by atoms with Gasteiger partial charge in [-0.25, -0.2) is 4.79 Å². The smallest absolute Gasteiger partial charge is 0.333 e. The van der Waals surface area contributed by atoms with E-state index in [0.29, 0.717) is 39.4 Å². The lowest BCUT2D eigenvalue weighted by Crippen LogP contribution is -2.29. The highest BCUT2D eigenvalue weighted by molar-refractivity contribution is 6.37. The third-order valence-electron chi connectivity index (χ3n) is 5.77. The second-order valence-corrected chi connectivity index (χ2v) is 8.87. The highest BCUT2D eigenvalue weighted by atomic mass is 35.5. The molecule has 1 saturated heterocycles. The lowest BCUT2D eigenvalue weighted by molar-refractivity contribution is 0.100. The summed E-state index contributed by atoms with van der Waals surface area (Å²) in [5, 5.41) is 1.04. The summed E-state index contributed by atoms with van der Waals surface area (Å²) < 4.78 is 3.12. The largest absolute Gasteiger partial charge is 0.366 e. The molecule has 1 atom stereocenters. The Bertz CT molecular complexity index is 1200. The van der Waals surface area contributed by atoms with E-state index in [9.17, 15) is 9.59 Å². The second kappa shape index (κ2) is 9.43. The molecule has 3 aromatic rings. The number of likely N-dealkylation sites (tertiary alicyclic amines) is 1. The molecule has 166 valence electrons. The predicted molar refractivity (Wildman–Crippen MR) is 129 cm³/mol. The van der Waals surface area contributed by atoms with Gasteiger partial charge < -0.3 is 10.6 Å². The van der Waals surface area contributed by atoms with Crippen LogP contribution in [0.5, 0.6) is 0 Å². The number of hydrogen-bond acceptors (Lipinski definition) is 3. The number of imidazole rings is 1. The molecule has 1 aliphatic heterocycles. The standard InChI is InChI=1S/C21H21Cl3N4O2.ClH/c1-26-7-2-3-14(26)6-8-27-18-10-12(20(25)29)9-16(24)19(18)28(21(27)30)17-5-4-13(22)11-15(17)23;/h4-5,9-11,14H,2-3,6-8H2,1H3,(H2,25,29);1H. The van der Waals surface area contributed by atoms with Gasteiger partial charge in [0.2, 0.25) is 5.91 Å². The molecule has 0 aliphatic carbocycles. The zero-order valence-electron chi connectivity index (χ0n) is 16.8. The van der Waals surface area contributed by atoms with Crippen molar-refractivity contribution in [1.29, 1.82) is 0 Å². The molecule has 0 spiro atoms. The first-order chi connectivity index (χ1) is 14.3. The number of fused-ring (bicyclic) bond motifs is 1. The normalized spacial score (nSPS) is 16.6. The third-order valence-corrected chi connectivity index (χ3v) is 6.60. The summed E-state index contributed by atoms with van der Waals surface area (Å²) in [7, 11) is 2.10. The predicted octanol–water partition coefficient (Wildman–Crippen LogP) is 4.76. The Morgan fingerprint density at radius 2 is 1.90 bits per heavy atom. The maximum atomic E-state index is 13.5. The van der Waals surface area contributed by atoms with Gasteiger partial charge in [0.1, 0.15) is 0 Å². The van der Waals surface area contributed by atoms with Crippen LogP contribution in [0.3, 0.4) is 0 Å². The first-order valence-electron chi connectivity index (χ1n) is 9.68. The van der Waals surface area contributed by atoms with Crippen molar-refractivity contribution in [2.75, 3.05) is 13.6 Å². The van der Waals surface area contributed by atoms with Crippen LogP contribution in [0.4, 0.5) is 0 Å². The molecule has 2 N–H and O–H groups in total. The van der Waals surface area contributed by atoms with Gasteiger partial charge in [-0.2, -0.15) is 0 Å². The van der Waals surface area contributed by atoms with Gasteiger partial charge in [0, 0.05) is 23.2 Å². The van der Waals surface area contributed by atoms with Crippen LogP contribution in [-0.2, 0) is 6.54 Å². The van der Waals surface area contributed by atoms with Crippen molar-refractivity contribution in [3.8, 4) is 5.69 Å². The average molecular weight is 504 g/mol. The highest BCUT2D eigenvalue weighted by Gasteiger charge is 2.24. The molecule has 1 unspecified atom stereocenters. The van der Waals surface area contributed by atoms with Gasteiger partial charge >= 0.3 is 5.69 Å². The number of carbonyl (C=O) groups is 1. The van der Waals surface area contributed by atoms with E-state index in [2.05, 4.69) is 11.9 Å². The van der Waals surface area contributed by atoms with Crippen molar-refractivity contribution in [1.82, 2.24) is 14.0 Å². The molecule has 1 aliphatic rings. The van der Waals surface area contributed by atoms with Crippen molar-refractivity contribution >= 4 is 64.2 Å². The van der Waals surface area contributed by atoms with Crippen LogP contribution in [0.2, 0.25) is 15.1 Å². The fourth-order valence-corrected chi connectivity index (χ4v) is 4.99. The number of nitrogens with two attached hydrogens (primary N) is 1. The zero-order chi connectivity index (χ0) is 21.6. The molecule has 2 heterocycles. The molecular weight excluding hydrogens is 482 g/mol. The Morgan fingerprint density at radius 3 is 2.52 bits per heavy atom. The Hall–Kier alpha value is -1.70. The number of halogens is 4. The van der Waals surface area contributed by atoms with E-state index >= 15 is 0 Å². The van der Waals surface area contributed by atoms with Gasteiger partial charge in [-0.05, 0) is 63.2 Å². The van der Waals surface area contributed by atoms with Gasteiger partial charge in [0.25, 0.3) is 0 Å². The van der Waals surface area contributed by atoms with Crippen molar-refractivity contribution < 1.29 is 4.79 Å². The average Bonchev–Trinajstić information content (AvgIpc) is 3.21. The highest BCUT2D eigenvalue weighted by Crippen LogP contribution is 2.31. The number of amides is 1. The molecule has 0 radical (unpaired) electrons. The molecule has 10 heteroatoms. The fraction of sp³-hybridized carbons (Fsp3) is 0.333. The summed E-state index contributed by atoms with van der Waals surface area (Å²) in [5.74, 6) is -0.606. The van der Waals surface area contributed by atoms with Crippen LogP contribution in [0.15, 0.2) is 35.1 Å². The van der Waals surface area contributed by atoms with Gasteiger partial charge in [-0.3, -0.25) is 13.9 Å². The summed E-state index contributed by atoms with van der Waals surface area (Å²) >= 11 is 19.0. The quantitative estimate of drug-likeness (QED) is 0.545. The first-order valence-corrected chi connectivity index (χ1v) is 10.8. The van der Waals surface area contributed by atoms with Crippen molar-refractivity contribution in [2.24, 2.45) is 5.73 Å². The van der Waals surface area contributed by atoms with Crippen LogP contribution in [0.1, 0.15) is 29.6 Å². The Labute approximate surface area is 200 Å². The number of aryl methyl sites for hydroxylation is 1. The van der Waals surface area contributed by atoms with Gasteiger partial charge in [-0.1, -0.05) is 34.8 Å². The fourth-order valence-electron chi connectivity index (χ4n) is 4.20. The third kappa shape index (κ3) is 4.45. The summed E-state index contributed by atoms with van der Waals surface area (Å²) in [4.78, 5) is 27.6. The number of aromatic nitrogens is 2. The Balaban J connectivity index is 0.00000272. The second-order valence-electron chi connectivity index (χ2n) is 7.62. The zero-order valence-corrected chi connectivity index (χ0v) is 19.9. The first kappa shape index (κ1) is 24.0. The van der Waals surface area contributed by atoms with Gasteiger partial charge in [-0.15, -0.1) is 12.4 Å². The van der Waals surface area contributed by atoms with Crippen LogP contribution >= 0.6 is 47.2 Å². The van der Waals surface area contributed by atoms with Gasteiger partial charge in [0.15, 0.2) is 0 Å². The van der Waals surface area contributed by atoms with Gasteiger partial charge in [0.05, 0.1) is 26.8 Å². The minimum absolute atomic E-state index is 0. The van der Waals surface area contributed by atoms with E-state index in [1.54, 1.807) is 28.8 Å². The molecule has 6 nitrogen and oxygen atoms in total. The number of rotatable bonds is 5. The van der Waals surface area contributed by atoms with Crippen LogP contribution < -0.4 is 11.4 Å². The maximum Gasteiger partial charge on any atom is 0.333 e. The summed E-state index contributed by atoms with van der Waals surface area (Å²) in [6.07, 6.45) is 3.05. The SMILES string of the molecule is CN1CCCC1CCn1c(=O)n(-c2ccc(Cl)cc2Cl)c2c(Cl)cc(C(N)=O)cc21.Cl. The monoisotopic (exact) mass is 502 g/mol. The van der Waals surface area contributed by atoms with E-state index < -0.39 is 5.91 Å². The Morgan fingerprint density at radius 1 is 1.16 bits per heavy atom. The van der Waals surface area contributed by atoms with E-state index in [1.165, 1.54) is 10.6 Å². The van der Waals surface area contributed by atoms with E-state index in [0.717, 1.165) is 25.8 Å². The summed E-state index contributed by atoms with van der Waals surface area (Å²) in [6, 6.07) is 8.42. The van der Waals surface area contributed by atoms with Crippen molar-refractivity contribution in [3.05, 3.63) is 61.4 Å². The van der Waals surface area contributed by atoms with Crippen LogP contribution in [-0.4, -0.2) is 39.6 Å². The van der Waals surface area contributed by atoms with Crippen LogP contribution in [0.25, 0.3) is 16.7 Å². The molecular formula is C21H22Cl4N4O2. The minimum Gasteiger partial charge on any atom is -0.366 e. The minimum atomic E-state index is -0.606. The van der Waals surface area contributed by atoms with Crippen LogP contribution in [0, 0.1) is 0 Å². The number of carbonyl (C=O) groups excluding carboxylic acids is 1. The molecule has 1 amide bonds. The number of hydrogen-bond donors (Lipinski definition) is 1. The number of primary amides is 1. The topological polar surface area (TPSA) is 73.3 Å².